The minimum atomic E-state index is -0.961. The number of aliphatic hydroxyl groups excluding tert-OH is 1. The Labute approximate surface area is 40.7 Å². The third-order valence-electron chi connectivity index (χ3n) is 0.326. The summed E-state index contributed by atoms with van der Waals surface area (Å²) in [5, 5.41) is 15.6. The maximum absolute atomic E-state index is 9.44. The van der Waals surface area contributed by atoms with Crippen LogP contribution in [-0.4, -0.2) is 28.3 Å². The topological polar surface area (TPSA) is 89.0 Å². The van der Waals surface area contributed by atoms with Gasteiger partial charge in [0.15, 0.2) is 0 Å². The fourth-order valence-electron chi connectivity index (χ4n) is 0.0956. The molecule has 0 heterocycles. The Morgan fingerprint density at radius 3 is 2.00 bits per heavy atom. The molecule has 7 heavy (non-hydrogen) atoms. The molecule has 0 fully saturated rings. The average Bonchev–Trinajstić information content (AvgIpc) is 1.35. The van der Waals surface area contributed by atoms with E-state index in [4.69, 9.17) is 10.2 Å². The second kappa shape index (κ2) is 5.39. The van der Waals surface area contributed by atoms with E-state index >= 15 is 0 Å². The van der Waals surface area contributed by atoms with Crippen LogP contribution in [-0.2, 0) is 4.79 Å². The van der Waals surface area contributed by atoms with Crippen LogP contribution in [0.5, 0.6) is 0 Å². The molecule has 0 bridgehead atoms. The highest BCUT2D eigenvalue weighted by Crippen LogP contribution is 1.70. The van der Waals surface area contributed by atoms with Gasteiger partial charge < -0.3 is 15.7 Å². The van der Waals surface area contributed by atoms with Gasteiger partial charge in [0.05, 0.1) is 13.0 Å². The first kappa shape index (κ1) is 9.63. The summed E-state index contributed by atoms with van der Waals surface area (Å²) >= 11 is 0. The summed E-state index contributed by atoms with van der Waals surface area (Å²) in [7, 11) is 0. The Hall–Kier alpha value is -0.610. The lowest BCUT2D eigenvalue weighted by molar-refractivity contribution is -0.137. The lowest BCUT2D eigenvalue weighted by Crippen LogP contribution is -1.96. The first-order chi connectivity index (χ1) is 2.77. The van der Waals surface area contributed by atoms with Crippen molar-refractivity contribution in [2.45, 2.75) is 6.42 Å². The smallest absolute Gasteiger partial charge is 0.305 e. The molecule has 4 N–H and O–H groups in total. The molecule has 0 amide bonds. The number of hydrogen-bond donors (Lipinski definition) is 2. The van der Waals surface area contributed by atoms with Crippen LogP contribution in [0.25, 0.3) is 0 Å². The molecule has 0 radical (unpaired) electrons. The third-order valence-corrected chi connectivity index (χ3v) is 0.326. The van der Waals surface area contributed by atoms with Gasteiger partial charge in [0, 0.05) is 0 Å². The molecule has 0 aliphatic carbocycles. The van der Waals surface area contributed by atoms with Crippen LogP contribution >= 0.6 is 0 Å². The van der Waals surface area contributed by atoms with Crippen molar-refractivity contribution in [2.24, 2.45) is 0 Å². The molecule has 0 aliphatic rings. The number of carboxylic acid groups (broad SMARTS) is 1. The molecule has 4 nitrogen and oxygen atoms in total. The van der Waals surface area contributed by atoms with Gasteiger partial charge in [-0.25, -0.2) is 0 Å². The molecule has 0 rings (SSSR count). The summed E-state index contributed by atoms with van der Waals surface area (Å²) in [4.78, 5) is 9.44. The summed E-state index contributed by atoms with van der Waals surface area (Å²) in [5.74, 6) is -0.961. The summed E-state index contributed by atoms with van der Waals surface area (Å²) < 4.78 is 0. The van der Waals surface area contributed by atoms with Crippen LogP contribution in [0.1, 0.15) is 6.42 Å². The fraction of sp³-hybridized carbons (Fsp3) is 0.667. The summed E-state index contributed by atoms with van der Waals surface area (Å²) in [6.45, 7) is -0.269. The molecule has 0 aromatic heterocycles. The van der Waals surface area contributed by atoms with Gasteiger partial charge in [0.2, 0.25) is 0 Å². The number of carboxylic acids is 1. The van der Waals surface area contributed by atoms with E-state index in [0.717, 1.165) is 0 Å². The molecular formula is C3H8O4. The van der Waals surface area contributed by atoms with Crippen LogP contribution in [0.2, 0.25) is 0 Å². The van der Waals surface area contributed by atoms with Gasteiger partial charge in [0.1, 0.15) is 0 Å². The van der Waals surface area contributed by atoms with E-state index in [-0.39, 0.29) is 18.5 Å². The van der Waals surface area contributed by atoms with Crippen molar-refractivity contribution in [3.05, 3.63) is 0 Å². The Kier molecular flexibility index (Phi) is 7.42. The number of aliphatic carboxylic acids is 1. The zero-order chi connectivity index (χ0) is 4.99. The predicted molar refractivity (Wildman–Crippen MR) is 23.0 cm³/mol. The largest absolute Gasteiger partial charge is 0.481 e. The Balaban J connectivity index is 0. The van der Waals surface area contributed by atoms with E-state index in [2.05, 4.69) is 0 Å². The third kappa shape index (κ3) is 10.8. The molecule has 4 heteroatoms. The first-order valence-corrected chi connectivity index (χ1v) is 1.60. The number of aliphatic hydroxyl groups is 1. The quantitative estimate of drug-likeness (QED) is 0.457. The highest BCUT2D eigenvalue weighted by Gasteiger charge is 1.88. The standard InChI is InChI=1S/C3H6O3.H2O/c4-2-1-3(5)6;/h4H,1-2H2,(H,5,6);1H2. The fourth-order valence-corrected chi connectivity index (χ4v) is 0.0956. The van der Waals surface area contributed by atoms with E-state index in [1.165, 1.54) is 0 Å². The predicted octanol–water partition coefficient (Wildman–Crippen LogP) is -1.37. The lowest BCUT2D eigenvalue weighted by Gasteiger charge is -1.79. The second-order valence-corrected chi connectivity index (χ2v) is 0.867. The van der Waals surface area contributed by atoms with E-state index in [9.17, 15) is 4.79 Å². The summed E-state index contributed by atoms with van der Waals surface area (Å²) in [6, 6.07) is 0. The Morgan fingerprint density at radius 2 is 2.00 bits per heavy atom. The van der Waals surface area contributed by atoms with Gasteiger partial charge in [0.25, 0.3) is 0 Å². The summed E-state index contributed by atoms with van der Waals surface area (Å²) in [5.41, 5.74) is 0. The lowest BCUT2D eigenvalue weighted by atomic mass is 10.5. The van der Waals surface area contributed by atoms with Crippen molar-refractivity contribution in [1.82, 2.24) is 0 Å². The maximum atomic E-state index is 9.44. The molecule has 0 aliphatic heterocycles. The molecule has 44 valence electrons. The monoisotopic (exact) mass is 108 g/mol. The van der Waals surface area contributed by atoms with E-state index in [1.54, 1.807) is 0 Å². The Bertz CT molecular complexity index is 50.9. The molecule has 0 spiro atoms. The molecule has 0 unspecified atom stereocenters. The first-order valence-electron chi connectivity index (χ1n) is 1.60. The van der Waals surface area contributed by atoms with Crippen LogP contribution in [0.15, 0.2) is 0 Å². The van der Waals surface area contributed by atoms with Gasteiger partial charge in [-0.05, 0) is 0 Å². The van der Waals surface area contributed by atoms with Gasteiger partial charge >= 0.3 is 5.97 Å². The van der Waals surface area contributed by atoms with E-state index in [0.29, 0.717) is 0 Å². The normalized spacial score (nSPS) is 7.00. The van der Waals surface area contributed by atoms with Crippen molar-refractivity contribution in [3.63, 3.8) is 0 Å². The Morgan fingerprint density at radius 1 is 1.57 bits per heavy atom. The zero-order valence-corrected chi connectivity index (χ0v) is 3.72. The van der Waals surface area contributed by atoms with Crippen LogP contribution in [0.3, 0.4) is 0 Å². The second-order valence-electron chi connectivity index (χ2n) is 0.867. The SMILES string of the molecule is O.O=C(O)CCO. The van der Waals surface area contributed by atoms with Crippen molar-refractivity contribution in [3.8, 4) is 0 Å². The molecule has 0 aromatic rings. The van der Waals surface area contributed by atoms with Crippen LogP contribution < -0.4 is 0 Å². The van der Waals surface area contributed by atoms with Crippen molar-refractivity contribution < 1.29 is 20.5 Å². The van der Waals surface area contributed by atoms with Gasteiger partial charge in [-0.15, -0.1) is 0 Å². The summed E-state index contributed by atoms with van der Waals surface area (Å²) in [6.07, 6.45) is -0.153. The average molecular weight is 108 g/mol. The molecular weight excluding hydrogens is 100 g/mol. The highest BCUT2D eigenvalue weighted by atomic mass is 16.4. The van der Waals surface area contributed by atoms with E-state index in [1.807, 2.05) is 0 Å². The van der Waals surface area contributed by atoms with E-state index < -0.39 is 5.97 Å². The molecule has 0 atom stereocenters. The number of carbonyl (C=O) groups is 1. The zero-order valence-electron chi connectivity index (χ0n) is 3.72. The van der Waals surface area contributed by atoms with Gasteiger partial charge in [-0.1, -0.05) is 0 Å². The van der Waals surface area contributed by atoms with Crippen molar-refractivity contribution >= 4 is 5.97 Å². The van der Waals surface area contributed by atoms with Crippen LogP contribution in [0, 0.1) is 0 Å². The minimum Gasteiger partial charge on any atom is -0.481 e. The minimum absolute atomic E-state index is 0. The molecule has 0 saturated carbocycles. The number of hydrogen-bond acceptors (Lipinski definition) is 2. The van der Waals surface area contributed by atoms with Crippen LogP contribution in [0.4, 0.5) is 0 Å². The highest BCUT2D eigenvalue weighted by molar-refractivity contribution is 5.66. The molecule has 0 aromatic carbocycles. The maximum Gasteiger partial charge on any atom is 0.305 e. The van der Waals surface area contributed by atoms with Gasteiger partial charge in [-0.3, -0.25) is 4.79 Å². The molecule has 0 saturated heterocycles. The van der Waals surface area contributed by atoms with Gasteiger partial charge in [-0.2, -0.15) is 0 Å². The number of rotatable bonds is 2. The van der Waals surface area contributed by atoms with Crippen molar-refractivity contribution in [1.29, 1.82) is 0 Å². The van der Waals surface area contributed by atoms with Crippen molar-refractivity contribution in [2.75, 3.05) is 6.61 Å².